The number of thiocarbonyl (C=S) groups is 1. The zero-order valence-corrected chi connectivity index (χ0v) is 16.6. The number of aryl methyl sites for hydroxylation is 1. The van der Waals surface area contributed by atoms with E-state index in [2.05, 4.69) is 18.1 Å². The molecular formula is C22H21NO2S2. The highest BCUT2D eigenvalue weighted by Gasteiger charge is 2.36. The molecule has 3 nitrogen and oxygen atoms in total. The van der Waals surface area contributed by atoms with Gasteiger partial charge in [0.25, 0.3) is 0 Å². The van der Waals surface area contributed by atoms with Crippen molar-refractivity contribution >= 4 is 34.2 Å². The first-order valence-electron chi connectivity index (χ1n) is 8.88. The fraction of sp³-hybridized carbons (Fsp3) is 0.273. The van der Waals surface area contributed by atoms with Crippen LogP contribution in [0, 0.1) is 12.3 Å². The van der Waals surface area contributed by atoms with Gasteiger partial charge in [-0.15, -0.1) is 6.42 Å². The molecule has 0 bridgehead atoms. The summed E-state index contributed by atoms with van der Waals surface area (Å²) in [6, 6.07) is 18.0. The number of amides is 1. The van der Waals surface area contributed by atoms with Crippen LogP contribution in [0.1, 0.15) is 17.5 Å². The van der Waals surface area contributed by atoms with Crippen molar-refractivity contribution in [1.82, 2.24) is 4.90 Å². The van der Waals surface area contributed by atoms with E-state index in [0.717, 1.165) is 24.2 Å². The second-order valence-electron chi connectivity index (χ2n) is 6.29. The van der Waals surface area contributed by atoms with Gasteiger partial charge in [-0.1, -0.05) is 72.4 Å². The lowest BCUT2D eigenvalue weighted by Gasteiger charge is -2.15. The number of terminal acetylenes is 1. The van der Waals surface area contributed by atoms with Crippen molar-refractivity contribution in [3.63, 3.8) is 0 Å². The van der Waals surface area contributed by atoms with E-state index in [1.54, 1.807) is 4.90 Å². The van der Waals surface area contributed by atoms with Crippen molar-refractivity contribution in [3.05, 3.63) is 65.7 Å². The highest BCUT2D eigenvalue weighted by Crippen LogP contribution is 2.30. The smallest absolute Gasteiger partial charge is 0.241 e. The van der Waals surface area contributed by atoms with Gasteiger partial charge in [-0.3, -0.25) is 9.69 Å². The van der Waals surface area contributed by atoms with Crippen molar-refractivity contribution in [1.29, 1.82) is 0 Å². The number of nitrogens with zero attached hydrogens (tertiary/aromatic N) is 1. The van der Waals surface area contributed by atoms with Crippen LogP contribution >= 0.6 is 24.0 Å². The van der Waals surface area contributed by atoms with Crippen molar-refractivity contribution in [2.24, 2.45) is 0 Å². The van der Waals surface area contributed by atoms with Crippen molar-refractivity contribution in [2.45, 2.75) is 24.5 Å². The lowest BCUT2D eigenvalue weighted by atomic mass is 10.1. The number of rotatable bonds is 8. The van der Waals surface area contributed by atoms with Gasteiger partial charge >= 0.3 is 0 Å². The summed E-state index contributed by atoms with van der Waals surface area (Å²) in [7, 11) is 0. The maximum atomic E-state index is 12.7. The average molecular weight is 396 g/mol. The molecule has 138 valence electrons. The van der Waals surface area contributed by atoms with Crippen molar-refractivity contribution in [3.8, 4) is 18.1 Å². The van der Waals surface area contributed by atoms with E-state index in [4.69, 9.17) is 23.4 Å². The molecule has 27 heavy (non-hydrogen) atoms. The lowest BCUT2D eigenvalue weighted by Crippen LogP contribution is -2.33. The number of thioether (sulfide) groups is 1. The van der Waals surface area contributed by atoms with Crippen LogP contribution in [0.5, 0.6) is 5.75 Å². The molecule has 5 heteroatoms. The normalized spacial score (nSPS) is 16.4. The van der Waals surface area contributed by atoms with Gasteiger partial charge in [-0.05, 0) is 42.5 Å². The molecule has 1 amide bonds. The van der Waals surface area contributed by atoms with Gasteiger partial charge in [0.05, 0.1) is 5.25 Å². The number of carbonyl (C=O) groups excluding carboxylic acids is 1. The molecule has 0 spiro atoms. The Morgan fingerprint density at radius 1 is 1.11 bits per heavy atom. The highest BCUT2D eigenvalue weighted by molar-refractivity contribution is 8.24. The van der Waals surface area contributed by atoms with E-state index < -0.39 is 0 Å². The van der Waals surface area contributed by atoms with Crippen LogP contribution in [-0.2, 0) is 17.6 Å². The molecule has 1 fully saturated rings. The molecule has 1 atom stereocenters. The third kappa shape index (κ3) is 5.35. The Bertz CT molecular complexity index is 828. The Kier molecular flexibility index (Phi) is 6.92. The van der Waals surface area contributed by atoms with Crippen LogP contribution in [-0.4, -0.2) is 33.5 Å². The number of hydrogen-bond acceptors (Lipinski definition) is 4. The predicted molar refractivity (Wildman–Crippen MR) is 115 cm³/mol. The largest absolute Gasteiger partial charge is 0.481 e. The van der Waals surface area contributed by atoms with E-state index in [0.29, 0.717) is 17.3 Å². The third-order valence-electron chi connectivity index (χ3n) is 4.36. The molecule has 2 aromatic carbocycles. The molecule has 2 aromatic rings. The minimum absolute atomic E-state index is 0.116. The molecule has 1 aliphatic rings. The minimum Gasteiger partial charge on any atom is -0.481 e. The van der Waals surface area contributed by atoms with Crippen LogP contribution in [0.25, 0.3) is 0 Å². The summed E-state index contributed by atoms with van der Waals surface area (Å²) >= 11 is 6.93. The molecule has 0 aliphatic carbocycles. The molecule has 3 rings (SSSR count). The van der Waals surface area contributed by atoms with E-state index in [1.165, 1.54) is 17.3 Å². The molecule has 1 aliphatic heterocycles. The molecule has 0 saturated carbocycles. The zero-order chi connectivity index (χ0) is 19.1. The summed E-state index contributed by atoms with van der Waals surface area (Å²) in [5.74, 6) is 3.29. The molecular weight excluding hydrogens is 374 g/mol. The lowest BCUT2D eigenvalue weighted by molar-refractivity contribution is -0.126. The molecule has 1 heterocycles. The third-order valence-corrected chi connectivity index (χ3v) is 5.95. The second kappa shape index (κ2) is 9.59. The Hall–Kier alpha value is -2.29. The molecule has 0 N–H and O–H groups in total. The monoisotopic (exact) mass is 395 g/mol. The maximum absolute atomic E-state index is 12.7. The Morgan fingerprint density at radius 2 is 1.85 bits per heavy atom. The molecule has 1 saturated heterocycles. The van der Waals surface area contributed by atoms with Gasteiger partial charge in [0, 0.05) is 6.54 Å². The van der Waals surface area contributed by atoms with Gasteiger partial charge in [0.1, 0.15) is 16.7 Å². The highest BCUT2D eigenvalue weighted by atomic mass is 32.2. The second-order valence-corrected chi connectivity index (χ2v) is 8.13. The van der Waals surface area contributed by atoms with Crippen LogP contribution in [0.2, 0.25) is 0 Å². The zero-order valence-electron chi connectivity index (χ0n) is 15.0. The van der Waals surface area contributed by atoms with Gasteiger partial charge in [0.15, 0.2) is 0 Å². The maximum Gasteiger partial charge on any atom is 0.241 e. The topological polar surface area (TPSA) is 29.5 Å². The van der Waals surface area contributed by atoms with Crippen LogP contribution < -0.4 is 4.74 Å². The first-order chi connectivity index (χ1) is 13.2. The van der Waals surface area contributed by atoms with E-state index >= 15 is 0 Å². The Morgan fingerprint density at radius 3 is 2.56 bits per heavy atom. The Labute approximate surface area is 170 Å². The summed E-state index contributed by atoms with van der Waals surface area (Å²) in [5, 5.41) is -0.147. The quantitative estimate of drug-likeness (QED) is 0.497. The molecule has 0 radical (unpaired) electrons. The molecule has 0 unspecified atom stereocenters. The standard InChI is InChI=1S/C22H21NO2S2/c1-2-15-25-19-12-10-18(11-13-19)16-20-21(24)23(22(26)27-20)14-6-9-17-7-4-3-5-8-17/h1,3-5,7-8,10-13,20H,6,9,14-16H2/t20-/m1/s1. The van der Waals surface area contributed by atoms with Gasteiger partial charge in [0.2, 0.25) is 5.91 Å². The van der Waals surface area contributed by atoms with Crippen molar-refractivity contribution in [2.75, 3.05) is 13.2 Å². The van der Waals surface area contributed by atoms with Gasteiger partial charge in [-0.25, -0.2) is 0 Å². The fourth-order valence-corrected chi connectivity index (χ4v) is 4.56. The van der Waals surface area contributed by atoms with E-state index in [1.807, 2.05) is 42.5 Å². The number of ether oxygens (including phenoxy) is 1. The van der Waals surface area contributed by atoms with E-state index in [9.17, 15) is 4.79 Å². The predicted octanol–water partition coefficient (Wildman–Crippen LogP) is 4.10. The van der Waals surface area contributed by atoms with Gasteiger partial charge < -0.3 is 4.74 Å². The summed E-state index contributed by atoms with van der Waals surface area (Å²) in [5.41, 5.74) is 2.37. The average Bonchev–Trinajstić information content (AvgIpc) is 2.95. The minimum atomic E-state index is -0.147. The van der Waals surface area contributed by atoms with E-state index in [-0.39, 0.29) is 17.8 Å². The van der Waals surface area contributed by atoms with Crippen LogP contribution in [0.15, 0.2) is 54.6 Å². The fourth-order valence-electron chi connectivity index (χ4n) is 2.98. The summed E-state index contributed by atoms with van der Waals surface area (Å²) < 4.78 is 6.07. The number of carbonyl (C=O) groups is 1. The van der Waals surface area contributed by atoms with Gasteiger partial charge in [-0.2, -0.15) is 0 Å². The van der Waals surface area contributed by atoms with Crippen LogP contribution in [0.3, 0.4) is 0 Å². The Balaban J connectivity index is 1.52. The number of benzene rings is 2. The summed E-state index contributed by atoms with van der Waals surface area (Å²) in [6.07, 6.45) is 7.71. The van der Waals surface area contributed by atoms with Crippen molar-refractivity contribution < 1.29 is 9.53 Å². The summed E-state index contributed by atoms with van der Waals surface area (Å²) in [4.78, 5) is 14.5. The first kappa shape index (κ1) is 19.5. The molecule has 0 aromatic heterocycles. The first-order valence-corrected chi connectivity index (χ1v) is 10.2. The summed E-state index contributed by atoms with van der Waals surface area (Å²) in [6.45, 7) is 0.928. The number of hydrogen-bond donors (Lipinski definition) is 0. The SMILES string of the molecule is C#CCOc1ccc(C[C@H]2SC(=S)N(CCCc3ccccc3)C2=O)cc1. The van der Waals surface area contributed by atoms with Crippen LogP contribution in [0.4, 0.5) is 0 Å².